The van der Waals surface area contributed by atoms with Crippen molar-refractivity contribution in [2.24, 2.45) is 11.8 Å². The first-order valence-electron chi connectivity index (χ1n) is 10.2. The molecule has 1 heterocycles. The van der Waals surface area contributed by atoms with E-state index < -0.39 is 0 Å². The molecule has 1 aliphatic heterocycles. The zero-order chi connectivity index (χ0) is 20.1. The van der Waals surface area contributed by atoms with Crippen LogP contribution < -0.4 is 16.2 Å². The van der Waals surface area contributed by atoms with E-state index >= 15 is 0 Å². The first kappa shape index (κ1) is 20.6. The zero-order valence-corrected chi connectivity index (χ0v) is 17.5. The lowest BCUT2D eigenvalue weighted by Gasteiger charge is -2.35. The minimum Gasteiger partial charge on any atom is -0.358 e. The number of likely N-dealkylation sites (tertiary alicyclic amines) is 1. The Morgan fingerprint density at radius 2 is 1.89 bits per heavy atom. The molecule has 0 aromatic heterocycles. The second-order valence-corrected chi connectivity index (χ2v) is 8.45. The summed E-state index contributed by atoms with van der Waals surface area (Å²) in [5.41, 5.74) is 7.04. The van der Waals surface area contributed by atoms with Crippen LogP contribution in [0.1, 0.15) is 61.9 Å². The van der Waals surface area contributed by atoms with Crippen LogP contribution in [0.3, 0.4) is 0 Å². The summed E-state index contributed by atoms with van der Waals surface area (Å²) in [7, 11) is 0. The Kier molecular flexibility index (Phi) is 6.88. The van der Waals surface area contributed by atoms with E-state index in [1.54, 1.807) is 12.1 Å². The maximum absolute atomic E-state index is 12.3. The maximum atomic E-state index is 12.3. The SMILES string of the molecule is C[C@@H]1[C@@H](C)CCC[C@H]1NC(=S)NNC(=O)c1ccc(CN2CCCC2=O)cc1. The number of thiocarbonyl (C=S) groups is 1. The highest BCUT2D eigenvalue weighted by atomic mass is 32.1. The molecule has 0 radical (unpaired) electrons. The third kappa shape index (κ3) is 5.22. The lowest BCUT2D eigenvalue weighted by molar-refractivity contribution is -0.128. The van der Waals surface area contributed by atoms with Crippen LogP contribution in [0.2, 0.25) is 0 Å². The highest BCUT2D eigenvalue weighted by Gasteiger charge is 2.27. The van der Waals surface area contributed by atoms with Gasteiger partial charge in [-0.15, -0.1) is 0 Å². The summed E-state index contributed by atoms with van der Waals surface area (Å²) in [6, 6.07) is 7.67. The molecule has 1 saturated carbocycles. The molecule has 1 aliphatic carbocycles. The van der Waals surface area contributed by atoms with Crippen molar-refractivity contribution in [3.8, 4) is 0 Å². The van der Waals surface area contributed by atoms with Crippen LogP contribution in [-0.2, 0) is 11.3 Å². The average Bonchev–Trinajstić information content (AvgIpc) is 3.09. The zero-order valence-electron chi connectivity index (χ0n) is 16.7. The summed E-state index contributed by atoms with van der Waals surface area (Å²) in [4.78, 5) is 25.9. The van der Waals surface area contributed by atoms with E-state index in [0.717, 1.165) is 24.9 Å². The fourth-order valence-electron chi connectivity index (χ4n) is 4.03. The van der Waals surface area contributed by atoms with Gasteiger partial charge < -0.3 is 10.2 Å². The van der Waals surface area contributed by atoms with E-state index in [9.17, 15) is 9.59 Å². The molecule has 2 fully saturated rings. The van der Waals surface area contributed by atoms with Gasteiger partial charge in [-0.1, -0.05) is 38.8 Å². The van der Waals surface area contributed by atoms with Crippen LogP contribution in [0, 0.1) is 11.8 Å². The minimum absolute atomic E-state index is 0.203. The molecule has 0 bridgehead atoms. The number of nitrogens with zero attached hydrogens (tertiary/aromatic N) is 1. The van der Waals surface area contributed by atoms with Crippen molar-refractivity contribution >= 4 is 29.1 Å². The predicted molar refractivity (Wildman–Crippen MR) is 113 cm³/mol. The Balaban J connectivity index is 1.45. The monoisotopic (exact) mass is 402 g/mol. The molecular weight excluding hydrogens is 372 g/mol. The Morgan fingerprint density at radius 1 is 1.14 bits per heavy atom. The number of benzene rings is 1. The van der Waals surface area contributed by atoms with Crippen molar-refractivity contribution < 1.29 is 9.59 Å². The van der Waals surface area contributed by atoms with Gasteiger partial charge in [0.2, 0.25) is 5.91 Å². The van der Waals surface area contributed by atoms with Crippen molar-refractivity contribution in [2.45, 2.75) is 58.5 Å². The Morgan fingerprint density at radius 3 is 2.57 bits per heavy atom. The van der Waals surface area contributed by atoms with Gasteiger partial charge in [-0.05, 0) is 54.6 Å². The van der Waals surface area contributed by atoms with E-state index in [2.05, 4.69) is 30.0 Å². The molecule has 3 rings (SSSR count). The Hall–Kier alpha value is -2.15. The molecule has 2 amide bonds. The number of carbonyl (C=O) groups excluding carboxylic acids is 2. The van der Waals surface area contributed by atoms with E-state index in [1.807, 2.05) is 17.0 Å². The predicted octanol–water partition coefficient (Wildman–Crippen LogP) is 2.74. The minimum atomic E-state index is -0.238. The van der Waals surface area contributed by atoms with Crippen molar-refractivity contribution in [3.63, 3.8) is 0 Å². The smallest absolute Gasteiger partial charge is 0.269 e. The Labute approximate surface area is 172 Å². The van der Waals surface area contributed by atoms with Crippen molar-refractivity contribution in [1.82, 2.24) is 21.1 Å². The number of hydrogen-bond donors (Lipinski definition) is 3. The summed E-state index contributed by atoms with van der Waals surface area (Å²) >= 11 is 5.33. The largest absolute Gasteiger partial charge is 0.358 e. The first-order chi connectivity index (χ1) is 13.4. The normalized spacial score (nSPS) is 24.7. The molecule has 1 aromatic carbocycles. The molecule has 1 aromatic rings. The summed E-state index contributed by atoms with van der Waals surface area (Å²) in [5, 5.41) is 3.78. The maximum Gasteiger partial charge on any atom is 0.269 e. The van der Waals surface area contributed by atoms with E-state index in [0.29, 0.717) is 41.5 Å². The van der Waals surface area contributed by atoms with Crippen LogP contribution in [0.4, 0.5) is 0 Å². The highest BCUT2D eigenvalue weighted by molar-refractivity contribution is 7.80. The molecule has 28 heavy (non-hydrogen) atoms. The van der Waals surface area contributed by atoms with Crippen molar-refractivity contribution in [1.29, 1.82) is 0 Å². The standard InChI is InChI=1S/C21H30N4O2S/c1-14-5-3-6-18(15(14)2)22-21(28)24-23-20(27)17-10-8-16(9-11-17)13-25-12-4-7-19(25)26/h8-11,14-15,18H,3-7,12-13H2,1-2H3,(H,23,27)(H2,22,24,28)/t14-,15+,18+/m0/s1. The van der Waals surface area contributed by atoms with Crippen LogP contribution >= 0.6 is 12.2 Å². The topological polar surface area (TPSA) is 73.5 Å². The number of hydrogen-bond acceptors (Lipinski definition) is 3. The molecule has 3 atom stereocenters. The summed E-state index contributed by atoms with van der Waals surface area (Å²) in [6.07, 6.45) is 5.13. The number of carbonyl (C=O) groups is 2. The molecule has 1 saturated heterocycles. The number of hydrazine groups is 1. The van der Waals surface area contributed by atoms with Gasteiger partial charge in [0.1, 0.15) is 0 Å². The van der Waals surface area contributed by atoms with Gasteiger partial charge >= 0.3 is 0 Å². The van der Waals surface area contributed by atoms with Crippen LogP contribution in [0.5, 0.6) is 0 Å². The number of nitrogens with one attached hydrogen (secondary N) is 3. The fourth-order valence-corrected chi connectivity index (χ4v) is 4.23. The fraction of sp³-hybridized carbons (Fsp3) is 0.571. The second-order valence-electron chi connectivity index (χ2n) is 8.04. The molecular formula is C21H30N4O2S. The lowest BCUT2D eigenvalue weighted by Crippen LogP contribution is -2.52. The van der Waals surface area contributed by atoms with E-state index in [4.69, 9.17) is 12.2 Å². The van der Waals surface area contributed by atoms with Crippen LogP contribution in [-0.4, -0.2) is 34.4 Å². The van der Waals surface area contributed by atoms with Crippen molar-refractivity contribution in [2.75, 3.05) is 6.54 Å². The third-order valence-electron chi connectivity index (χ3n) is 6.07. The number of rotatable bonds is 4. The molecule has 7 heteroatoms. The van der Waals surface area contributed by atoms with Crippen molar-refractivity contribution in [3.05, 3.63) is 35.4 Å². The second kappa shape index (κ2) is 9.37. The molecule has 0 unspecified atom stereocenters. The van der Waals surface area contributed by atoms with Gasteiger partial charge in [-0.2, -0.15) is 0 Å². The van der Waals surface area contributed by atoms with Gasteiger partial charge in [-0.3, -0.25) is 20.4 Å². The quantitative estimate of drug-likeness (QED) is 0.533. The van der Waals surface area contributed by atoms with Gasteiger partial charge in [0, 0.05) is 31.1 Å². The lowest BCUT2D eigenvalue weighted by atomic mass is 9.78. The van der Waals surface area contributed by atoms with Gasteiger partial charge in [-0.25, -0.2) is 0 Å². The molecule has 3 N–H and O–H groups in total. The van der Waals surface area contributed by atoms with E-state index in [1.165, 1.54) is 12.8 Å². The van der Waals surface area contributed by atoms with Gasteiger partial charge in [0.05, 0.1) is 0 Å². The van der Waals surface area contributed by atoms with E-state index in [-0.39, 0.29) is 11.8 Å². The third-order valence-corrected chi connectivity index (χ3v) is 6.29. The molecule has 6 nitrogen and oxygen atoms in total. The highest BCUT2D eigenvalue weighted by Crippen LogP contribution is 2.29. The van der Waals surface area contributed by atoms with Crippen LogP contribution in [0.15, 0.2) is 24.3 Å². The first-order valence-corrected chi connectivity index (χ1v) is 10.6. The van der Waals surface area contributed by atoms with Crippen LogP contribution in [0.25, 0.3) is 0 Å². The average molecular weight is 403 g/mol. The molecule has 2 aliphatic rings. The Bertz CT molecular complexity index is 722. The number of amides is 2. The van der Waals surface area contributed by atoms with Gasteiger partial charge in [0.25, 0.3) is 5.91 Å². The van der Waals surface area contributed by atoms with Gasteiger partial charge in [0.15, 0.2) is 5.11 Å². The molecule has 152 valence electrons. The summed E-state index contributed by atoms with van der Waals surface area (Å²) in [5.74, 6) is 1.20. The summed E-state index contributed by atoms with van der Waals surface area (Å²) < 4.78 is 0. The summed E-state index contributed by atoms with van der Waals surface area (Å²) in [6.45, 7) is 5.94. The molecule has 0 spiro atoms.